The highest BCUT2D eigenvalue weighted by Crippen LogP contribution is 2.35. The van der Waals surface area contributed by atoms with Crippen molar-refractivity contribution in [3.8, 4) is 0 Å². The van der Waals surface area contributed by atoms with Crippen LogP contribution in [0.3, 0.4) is 0 Å². The van der Waals surface area contributed by atoms with E-state index in [1.54, 1.807) is 4.90 Å². The fourth-order valence-electron chi connectivity index (χ4n) is 5.81. The molecule has 2 aliphatic heterocycles. The number of urea groups is 1. The van der Waals surface area contributed by atoms with Gasteiger partial charge < -0.3 is 15.5 Å². The van der Waals surface area contributed by atoms with Gasteiger partial charge in [-0.1, -0.05) is 64.1 Å². The topological polar surface area (TPSA) is 82.8 Å². The average Bonchev–Trinajstić information content (AvgIpc) is 2.89. The molecule has 7 nitrogen and oxygen atoms in total. The maximum atomic E-state index is 13.6. The van der Waals surface area contributed by atoms with Gasteiger partial charge >= 0.3 is 6.03 Å². The number of aryl methyl sites for hydroxylation is 1. The van der Waals surface area contributed by atoms with Gasteiger partial charge in [-0.15, -0.1) is 0 Å². The molecule has 2 atom stereocenters. The maximum Gasteiger partial charge on any atom is 0.314 e. The highest BCUT2D eigenvalue weighted by atomic mass is 16.2. The molecule has 1 aromatic carbocycles. The number of hydrogen-bond donors (Lipinski definition) is 1. The van der Waals surface area contributed by atoms with Crippen LogP contribution in [0.5, 0.6) is 0 Å². The Balaban J connectivity index is 1.52. The molecule has 37 heavy (non-hydrogen) atoms. The summed E-state index contributed by atoms with van der Waals surface area (Å²) < 4.78 is 0. The summed E-state index contributed by atoms with van der Waals surface area (Å²) in [5, 5.41) is 0. The molecule has 2 fully saturated rings. The average molecular weight is 506 g/mol. The van der Waals surface area contributed by atoms with Crippen LogP contribution < -0.4 is 5.73 Å². The van der Waals surface area contributed by atoms with E-state index >= 15 is 0 Å². The number of carbonyl (C=O) groups excluding carboxylic acids is 2. The number of likely N-dealkylation sites (tertiary alicyclic amines) is 1. The van der Waals surface area contributed by atoms with Gasteiger partial charge in [0.2, 0.25) is 5.91 Å². The van der Waals surface area contributed by atoms with E-state index in [4.69, 9.17) is 10.7 Å². The second-order valence-corrected chi connectivity index (χ2v) is 11.7. The highest BCUT2D eigenvalue weighted by molar-refractivity contribution is 5.77. The van der Waals surface area contributed by atoms with E-state index in [2.05, 4.69) is 80.0 Å². The molecule has 2 aliphatic rings. The number of primary amides is 1. The first-order valence-corrected chi connectivity index (χ1v) is 13.7. The molecule has 2 saturated heterocycles. The van der Waals surface area contributed by atoms with Crippen LogP contribution in [0.4, 0.5) is 4.79 Å². The lowest BCUT2D eigenvalue weighted by Crippen LogP contribution is -2.60. The van der Waals surface area contributed by atoms with E-state index in [9.17, 15) is 9.59 Å². The standard InChI is InChI=1S/C30H43N5O2/c1-5-22-11-12-25(32-20-22)28(24-9-7-6-8-10-24)34-17-18-35(26(21-34)30(2,3)4)27(36)19-23-13-15-33(16-14-23)29(31)37/h6-12,20,23,26,28H,5,13-19,21H2,1-4H3,(H2,31,37)/t26-,28?/m1/s1. The predicted molar refractivity (Wildman–Crippen MR) is 147 cm³/mol. The quantitative estimate of drug-likeness (QED) is 0.628. The lowest BCUT2D eigenvalue weighted by molar-refractivity contribution is -0.141. The monoisotopic (exact) mass is 505 g/mol. The van der Waals surface area contributed by atoms with Gasteiger partial charge in [0.15, 0.2) is 0 Å². The number of aromatic nitrogens is 1. The van der Waals surface area contributed by atoms with E-state index in [0.717, 1.165) is 38.0 Å². The van der Waals surface area contributed by atoms with Gasteiger partial charge in [0.25, 0.3) is 0 Å². The number of rotatable bonds is 6. The molecule has 3 heterocycles. The molecular weight excluding hydrogens is 462 g/mol. The number of piperazine rings is 1. The van der Waals surface area contributed by atoms with Gasteiger partial charge in [-0.05, 0) is 47.8 Å². The Kier molecular flexibility index (Phi) is 8.53. The number of benzene rings is 1. The number of piperidine rings is 1. The molecule has 7 heteroatoms. The number of carbonyl (C=O) groups is 2. The van der Waals surface area contributed by atoms with Crippen LogP contribution in [0.15, 0.2) is 48.7 Å². The molecule has 0 spiro atoms. The van der Waals surface area contributed by atoms with E-state index in [0.29, 0.717) is 32.0 Å². The van der Waals surface area contributed by atoms with Crippen LogP contribution in [-0.4, -0.2) is 70.4 Å². The van der Waals surface area contributed by atoms with E-state index in [1.807, 2.05) is 6.20 Å². The molecule has 2 aromatic rings. The van der Waals surface area contributed by atoms with Crippen molar-refractivity contribution in [1.29, 1.82) is 0 Å². The van der Waals surface area contributed by atoms with Crippen molar-refractivity contribution in [3.05, 3.63) is 65.5 Å². The third kappa shape index (κ3) is 6.50. The van der Waals surface area contributed by atoms with Gasteiger partial charge in [-0.2, -0.15) is 0 Å². The second-order valence-electron chi connectivity index (χ2n) is 11.7. The lowest BCUT2D eigenvalue weighted by atomic mass is 9.82. The zero-order chi connectivity index (χ0) is 26.6. The first kappa shape index (κ1) is 27.1. The summed E-state index contributed by atoms with van der Waals surface area (Å²) in [7, 11) is 0. The molecule has 1 unspecified atom stereocenters. The summed E-state index contributed by atoms with van der Waals surface area (Å²) in [5.74, 6) is 0.541. The molecular formula is C30H43N5O2. The minimum atomic E-state index is -0.361. The van der Waals surface area contributed by atoms with Crippen molar-refractivity contribution >= 4 is 11.9 Å². The third-order valence-corrected chi connectivity index (χ3v) is 8.14. The summed E-state index contributed by atoms with van der Waals surface area (Å²) >= 11 is 0. The van der Waals surface area contributed by atoms with Gasteiger partial charge in [-0.25, -0.2) is 4.79 Å². The van der Waals surface area contributed by atoms with Gasteiger partial charge in [-0.3, -0.25) is 14.7 Å². The van der Waals surface area contributed by atoms with Gasteiger partial charge in [0.05, 0.1) is 11.7 Å². The fourth-order valence-corrected chi connectivity index (χ4v) is 5.81. The molecule has 0 bridgehead atoms. The van der Waals surface area contributed by atoms with Crippen LogP contribution >= 0.6 is 0 Å². The Morgan fingerprint density at radius 1 is 1.03 bits per heavy atom. The first-order chi connectivity index (χ1) is 17.7. The Hall–Kier alpha value is -2.93. The van der Waals surface area contributed by atoms with Crippen molar-refractivity contribution in [2.24, 2.45) is 17.1 Å². The minimum Gasteiger partial charge on any atom is -0.351 e. The van der Waals surface area contributed by atoms with E-state index < -0.39 is 0 Å². The summed E-state index contributed by atoms with van der Waals surface area (Å²) in [6.07, 6.45) is 5.18. The first-order valence-electron chi connectivity index (χ1n) is 13.7. The normalized spacial score (nSPS) is 20.6. The van der Waals surface area contributed by atoms with Crippen molar-refractivity contribution in [1.82, 2.24) is 19.7 Å². The smallest absolute Gasteiger partial charge is 0.314 e. The molecule has 200 valence electrons. The number of nitrogens with two attached hydrogens (primary N) is 1. The summed E-state index contributed by atoms with van der Waals surface area (Å²) in [5.41, 5.74) is 8.89. The Bertz CT molecular complexity index is 1040. The zero-order valence-electron chi connectivity index (χ0n) is 22.9. The third-order valence-electron chi connectivity index (χ3n) is 8.14. The lowest BCUT2D eigenvalue weighted by Gasteiger charge is -2.49. The highest BCUT2D eigenvalue weighted by Gasteiger charge is 2.41. The summed E-state index contributed by atoms with van der Waals surface area (Å²) in [6, 6.07) is 14.7. The molecule has 0 saturated carbocycles. The SMILES string of the molecule is CCc1ccc(C(c2ccccc2)N2CCN(C(=O)CC3CCN(C(N)=O)CC3)[C@@H](C(C)(C)C)C2)nc1. The van der Waals surface area contributed by atoms with Crippen LogP contribution in [0.25, 0.3) is 0 Å². The minimum absolute atomic E-state index is 0.0485. The number of pyridine rings is 1. The van der Waals surface area contributed by atoms with Crippen molar-refractivity contribution in [2.45, 2.75) is 65.5 Å². The molecule has 4 rings (SSSR count). The van der Waals surface area contributed by atoms with Crippen LogP contribution in [-0.2, 0) is 11.2 Å². The van der Waals surface area contributed by atoms with Gasteiger partial charge in [0.1, 0.15) is 0 Å². The molecule has 3 amide bonds. The molecule has 0 radical (unpaired) electrons. The summed E-state index contributed by atoms with van der Waals surface area (Å²) in [6.45, 7) is 12.4. The Morgan fingerprint density at radius 3 is 2.30 bits per heavy atom. The van der Waals surface area contributed by atoms with Gasteiger partial charge in [0, 0.05) is 51.4 Å². The van der Waals surface area contributed by atoms with Crippen LogP contribution in [0.2, 0.25) is 0 Å². The molecule has 2 N–H and O–H groups in total. The maximum absolute atomic E-state index is 13.6. The van der Waals surface area contributed by atoms with Crippen LogP contribution in [0, 0.1) is 11.3 Å². The second kappa shape index (κ2) is 11.6. The van der Waals surface area contributed by atoms with Crippen LogP contribution in [0.1, 0.15) is 69.8 Å². The Morgan fingerprint density at radius 2 is 1.73 bits per heavy atom. The largest absolute Gasteiger partial charge is 0.351 e. The van der Waals surface area contributed by atoms with E-state index in [-0.39, 0.29) is 29.4 Å². The fraction of sp³-hybridized carbons (Fsp3) is 0.567. The number of nitrogens with zero attached hydrogens (tertiary/aromatic N) is 4. The summed E-state index contributed by atoms with van der Waals surface area (Å²) in [4.78, 5) is 36.3. The van der Waals surface area contributed by atoms with Crippen molar-refractivity contribution in [2.75, 3.05) is 32.7 Å². The molecule has 1 aromatic heterocycles. The van der Waals surface area contributed by atoms with Crippen molar-refractivity contribution in [3.63, 3.8) is 0 Å². The number of hydrogen-bond acceptors (Lipinski definition) is 4. The Labute approximate surface area is 222 Å². The number of amides is 3. The van der Waals surface area contributed by atoms with Crippen molar-refractivity contribution < 1.29 is 9.59 Å². The zero-order valence-corrected chi connectivity index (χ0v) is 22.9. The van der Waals surface area contributed by atoms with E-state index in [1.165, 1.54) is 11.1 Å². The predicted octanol–water partition coefficient (Wildman–Crippen LogP) is 4.47. The molecule has 0 aliphatic carbocycles.